The number of hydrogen-bond acceptors (Lipinski definition) is 5. The summed E-state index contributed by atoms with van der Waals surface area (Å²) in [5, 5.41) is 2.71. The quantitative estimate of drug-likeness (QED) is 0.518. The Morgan fingerprint density at radius 1 is 0.909 bits per heavy atom. The second-order valence-corrected chi connectivity index (χ2v) is 8.47. The van der Waals surface area contributed by atoms with Gasteiger partial charge >= 0.3 is 0 Å². The lowest BCUT2D eigenvalue weighted by atomic mass is 10.1. The molecule has 0 aliphatic carbocycles. The topological polar surface area (TPSA) is 75.7 Å². The van der Waals surface area contributed by atoms with Crippen LogP contribution in [0.25, 0.3) is 5.57 Å². The average molecular weight is 459 g/mol. The third-order valence-electron chi connectivity index (χ3n) is 5.10. The van der Waals surface area contributed by atoms with E-state index in [0.717, 1.165) is 10.5 Å². The summed E-state index contributed by atoms with van der Waals surface area (Å²) in [4.78, 5) is 40.8. The second-order valence-electron chi connectivity index (χ2n) is 7.39. The first-order valence-electron chi connectivity index (χ1n) is 10.3. The van der Waals surface area contributed by atoms with E-state index in [9.17, 15) is 14.4 Å². The highest BCUT2D eigenvalue weighted by Gasteiger charge is 2.39. The Balaban J connectivity index is 1.72. The molecule has 0 aromatic heterocycles. The summed E-state index contributed by atoms with van der Waals surface area (Å²) >= 11 is 1.27. The van der Waals surface area contributed by atoms with Crippen LogP contribution in [0.2, 0.25) is 0 Å². The fourth-order valence-electron chi connectivity index (χ4n) is 3.58. The minimum Gasteiger partial charge on any atom is -0.496 e. The monoisotopic (exact) mass is 458 g/mol. The molecule has 0 saturated heterocycles. The molecule has 4 rings (SSSR count). The van der Waals surface area contributed by atoms with Gasteiger partial charge in [-0.1, -0.05) is 60.3 Å². The molecule has 33 heavy (non-hydrogen) atoms. The van der Waals surface area contributed by atoms with E-state index in [1.807, 2.05) is 48.5 Å². The molecule has 0 spiro atoms. The van der Waals surface area contributed by atoms with Gasteiger partial charge in [0.05, 0.1) is 24.1 Å². The molecule has 3 aromatic rings. The van der Waals surface area contributed by atoms with Gasteiger partial charge in [-0.15, -0.1) is 0 Å². The molecule has 1 aliphatic heterocycles. The van der Waals surface area contributed by atoms with Crippen LogP contribution >= 0.6 is 11.8 Å². The van der Waals surface area contributed by atoms with Crippen molar-refractivity contribution in [2.24, 2.45) is 0 Å². The van der Waals surface area contributed by atoms with Crippen LogP contribution in [0.5, 0.6) is 5.75 Å². The van der Waals surface area contributed by atoms with Gasteiger partial charge in [0.2, 0.25) is 5.91 Å². The molecular weight excluding hydrogens is 436 g/mol. The minimum atomic E-state index is -0.364. The molecule has 1 N–H and O–H groups in total. The molecule has 6 nitrogen and oxygen atoms in total. The highest BCUT2D eigenvalue weighted by molar-refractivity contribution is 8.04. The minimum absolute atomic E-state index is 0.105. The van der Waals surface area contributed by atoms with Gasteiger partial charge in [-0.25, -0.2) is 0 Å². The summed E-state index contributed by atoms with van der Waals surface area (Å²) in [5.74, 6) is -0.279. The number of nitrogens with one attached hydrogen (secondary N) is 1. The molecule has 0 fully saturated rings. The number of ether oxygens (including phenoxy) is 1. The van der Waals surface area contributed by atoms with E-state index in [1.165, 1.54) is 23.6 Å². The molecule has 1 aliphatic rings. The molecule has 1 heterocycles. The van der Waals surface area contributed by atoms with Gasteiger partial charge in [0.15, 0.2) is 0 Å². The number of amides is 3. The number of rotatable bonds is 7. The fraction of sp³-hybridized carbons (Fsp3) is 0.115. The largest absolute Gasteiger partial charge is 0.496 e. The van der Waals surface area contributed by atoms with E-state index in [1.54, 1.807) is 37.4 Å². The van der Waals surface area contributed by atoms with Crippen molar-refractivity contribution in [2.45, 2.75) is 18.4 Å². The number of anilines is 1. The highest BCUT2D eigenvalue weighted by atomic mass is 32.2. The first-order chi connectivity index (χ1) is 16.0. The van der Waals surface area contributed by atoms with Gasteiger partial charge in [-0.05, 0) is 35.9 Å². The van der Waals surface area contributed by atoms with Crippen molar-refractivity contribution in [1.29, 1.82) is 0 Å². The van der Waals surface area contributed by atoms with Crippen LogP contribution in [0.15, 0.2) is 88.7 Å². The molecule has 0 atom stereocenters. The summed E-state index contributed by atoms with van der Waals surface area (Å²) < 4.78 is 5.40. The van der Waals surface area contributed by atoms with E-state index in [-0.39, 0.29) is 24.3 Å². The van der Waals surface area contributed by atoms with Crippen LogP contribution in [0, 0.1) is 0 Å². The maximum absolute atomic E-state index is 13.5. The van der Waals surface area contributed by atoms with E-state index >= 15 is 0 Å². The molecule has 3 amide bonds. The number of para-hydroxylation sites is 1. The van der Waals surface area contributed by atoms with Gasteiger partial charge in [0.1, 0.15) is 5.75 Å². The Bertz CT molecular complexity index is 1240. The maximum atomic E-state index is 13.5. The number of thioether (sulfide) groups is 1. The zero-order chi connectivity index (χ0) is 23.4. The molecule has 0 radical (unpaired) electrons. The smallest absolute Gasteiger partial charge is 0.268 e. The van der Waals surface area contributed by atoms with Crippen molar-refractivity contribution in [1.82, 2.24) is 4.90 Å². The summed E-state index contributed by atoms with van der Waals surface area (Å²) in [7, 11) is 1.56. The van der Waals surface area contributed by atoms with Crippen LogP contribution in [-0.2, 0) is 20.9 Å². The van der Waals surface area contributed by atoms with Crippen LogP contribution in [0.3, 0.4) is 0 Å². The Morgan fingerprint density at radius 3 is 2.24 bits per heavy atom. The van der Waals surface area contributed by atoms with Crippen molar-refractivity contribution in [2.75, 3.05) is 12.4 Å². The normalized spacial score (nSPS) is 13.5. The number of nitrogens with zero attached hydrogens (tertiary/aromatic N) is 1. The van der Waals surface area contributed by atoms with Crippen LogP contribution in [0.4, 0.5) is 5.69 Å². The predicted molar refractivity (Wildman–Crippen MR) is 129 cm³/mol. The zero-order valence-electron chi connectivity index (χ0n) is 18.2. The van der Waals surface area contributed by atoms with Crippen molar-refractivity contribution >= 4 is 40.7 Å². The predicted octanol–water partition coefficient (Wildman–Crippen LogP) is 4.73. The molecule has 0 bridgehead atoms. The molecule has 0 unspecified atom stereocenters. The Hall–Kier alpha value is -3.84. The van der Waals surface area contributed by atoms with E-state index < -0.39 is 0 Å². The van der Waals surface area contributed by atoms with Crippen molar-refractivity contribution in [3.05, 3.63) is 94.9 Å². The van der Waals surface area contributed by atoms with Gasteiger partial charge in [-0.3, -0.25) is 19.3 Å². The van der Waals surface area contributed by atoms with Crippen molar-refractivity contribution in [3.8, 4) is 5.75 Å². The maximum Gasteiger partial charge on any atom is 0.268 e. The summed E-state index contributed by atoms with van der Waals surface area (Å²) in [6, 6.07) is 23.7. The lowest BCUT2D eigenvalue weighted by Gasteiger charge is -2.17. The van der Waals surface area contributed by atoms with E-state index in [0.29, 0.717) is 27.5 Å². The number of benzene rings is 3. The first kappa shape index (κ1) is 22.4. The van der Waals surface area contributed by atoms with Crippen LogP contribution in [0.1, 0.15) is 18.1 Å². The summed E-state index contributed by atoms with van der Waals surface area (Å²) in [6.07, 6.45) is 0. The van der Waals surface area contributed by atoms with Gasteiger partial charge in [0, 0.05) is 23.1 Å². The number of methoxy groups -OCH3 is 1. The fourth-order valence-corrected chi connectivity index (χ4v) is 4.61. The van der Waals surface area contributed by atoms with Gasteiger partial charge in [0.25, 0.3) is 11.8 Å². The molecule has 0 saturated carbocycles. The van der Waals surface area contributed by atoms with E-state index in [2.05, 4.69) is 5.32 Å². The summed E-state index contributed by atoms with van der Waals surface area (Å²) in [5.41, 5.74) is 2.32. The third kappa shape index (κ3) is 4.83. The van der Waals surface area contributed by atoms with E-state index in [4.69, 9.17) is 4.74 Å². The Morgan fingerprint density at radius 2 is 1.58 bits per heavy atom. The summed E-state index contributed by atoms with van der Waals surface area (Å²) in [6.45, 7) is 1.54. The van der Waals surface area contributed by atoms with Gasteiger partial charge < -0.3 is 10.1 Å². The average Bonchev–Trinajstić information content (AvgIpc) is 3.04. The third-order valence-corrected chi connectivity index (χ3v) is 6.19. The van der Waals surface area contributed by atoms with Crippen molar-refractivity contribution < 1.29 is 19.1 Å². The Labute approximate surface area is 196 Å². The highest BCUT2D eigenvalue weighted by Crippen LogP contribution is 2.40. The first-order valence-corrected chi connectivity index (χ1v) is 11.1. The zero-order valence-corrected chi connectivity index (χ0v) is 19.0. The van der Waals surface area contributed by atoms with Crippen LogP contribution in [-0.4, -0.2) is 29.7 Å². The van der Waals surface area contributed by atoms with Crippen molar-refractivity contribution in [3.63, 3.8) is 0 Å². The SMILES string of the molecule is COc1ccccc1CN1C(=O)C(Sc2ccccc2)=C(c2ccc(NC(C)=O)cc2)C1=O. The second kappa shape index (κ2) is 9.75. The standard InChI is InChI=1S/C26H22N2O4S/c1-17(29)27-20-14-12-18(13-15-20)23-24(33-21-9-4-3-5-10-21)26(31)28(25(23)30)16-19-8-6-7-11-22(19)32-2/h3-15H,16H2,1-2H3,(H,27,29). The molecule has 3 aromatic carbocycles. The molecule has 166 valence electrons. The lowest BCUT2D eigenvalue weighted by molar-refractivity contribution is -0.137. The number of carbonyl (C=O) groups is 3. The lowest BCUT2D eigenvalue weighted by Crippen LogP contribution is -2.31. The van der Waals surface area contributed by atoms with Gasteiger partial charge in [-0.2, -0.15) is 0 Å². The molecular formula is C26H22N2O4S. The number of imide groups is 1. The van der Waals surface area contributed by atoms with Crippen LogP contribution < -0.4 is 10.1 Å². The Kier molecular flexibility index (Phi) is 6.60. The number of hydrogen-bond donors (Lipinski definition) is 1. The molecule has 7 heteroatoms. The number of carbonyl (C=O) groups excluding carboxylic acids is 3.